The van der Waals surface area contributed by atoms with E-state index in [1.807, 2.05) is 36.4 Å². The number of hydrogen-bond donors (Lipinski definition) is 3. The van der Waals surface area contributed by atoms with E-state index in [9.17, 15) is 4.79 Å². The fourth-order valence-corrected chi connectivity index (χ4v) is 6.15. The lowest BCUT2D eigenvalue weighted by atomic mass is 9.81. The fraction of sp³-hybridized carbons (Fsp3) is 0.306. The number of allylic oxidation sites excluding steroid dienone is 2. The van der Waals surface area contributed by atoms with Crippen molar-refractivity contribution >= 4 is 11.5 Å². The van der Waals surface area contributed by atoms with Crippen LogP contribution < -0.4 is 21.2 Å². The van der Waals surface area contributed by atoms with E-state index in [0.29, 0.717) is 25.5 Å². The Hall–Kier alpha value is -4.13. The Morgan fingerprint density at radius 2 is 1.62 bits per heavy atom. The van der Waals surface area contributed by atoms with Gasteiger partial charge in [-0.05, 0) is 78.1 Å². The Balaban J connectivity index is 1.17. The number of rotatable bonds is 10. The van der Waals surface area contributed by atoms with Gasteiger partial charge in [0.25, 0.3) is 0 Å². The summed E-state index contributed by atoms with van der Waals surface area (Å²) < 4.78 is 6.01. The molecule has 4 N–H and O–H groups in total. The van der Waals surface area contributed by atoms with Gasteiger partial charge in [-0.25, -0.2) is 5.43 Å². The first-order valence-electron chi connectivity index (χ1n) is 15.1. The zero-order valence-corrected chi connectivity index (χ0v) is 24.0. The van der Waals surface area contributed by atoms with Gasteiger partial charge < -0.3 is 15.8 Å². The minimum absolute atomic E-state index is 0.0363. The van der Waals surface area contributed by atoms with E-state index in [1.54, 1.807) is 0 Å². The van der Waals surface area contributed by atoms with Gasteiger partial charge in [0, 0.05) is 18.5 Å². The standard InChI is InChI=1S/C36H40N4O2/c37-23-27-14-16-30(17-15-27)36(41)38-35(22-26-8-3-1-4-9-26)40-24-33-32(12-7-13-34(33)39-40)29-18-20-31(21-19-29)42-25-28-10-5-2-6-11-28/h1-13,18-21,24,27,30,34-35,39H,14-17,22-23,25,37H2,(H,38,41)/t27-,30-,34?,35-/m0/s1. The van der Waals surface area contributed by atoms with Gasteiger partial charge in [0.2, 0.25) is 5.91 Å². The van der Waals surface area contributed by atoms with Crippen molar-refractivity contribution in [3.05, 3.63) is 132 Å². The molecule has 0 saturated heterocycles. The van der Waals surface area contributed by atoms with Crippen molar-refractivity contribution in [1.82, 2.24) is 15.8 Å². The lowest BCUT2D eigenvalue weighted by molar-refractivity contribution is -0.128. The molecule has 1 heterocycles. The molecular formula is C36H40N4O2. The molecule has 216 valence electrons. The number of ether oxygens (including phenoxy) is 1. The van der Waals surface area contributed by atoms with Crippen LogP contribution in [0.3, 0.4) is 0 Å². The van der Waals surface area contributed by atoms with Crippen molar-refractivity contribution in [3.63, 3.8) is 0 Å². The molecule has 3 aromatic rings. The number of amides is 1. The molecule has 2 atom stereocenters. The molecule has 1 saturated carbocycles. The molecule has 6 heteroatoms. The van der Waals surface area contributed by atoms with E-state index in [2.05, 4.69) is 88.7 Å². The van der Waals surface area contributed by atoms with E-state index < -0.39 is 0 Å². The largest absolute Gasteiger partial charge is 0.489 e. The maximum atomic E-state index is 13.5. The second kappa shape index (κ2) is 13.2. The highest BCUT2D eigenvalue weighted by Gasteiger charge is 2.33. The smallest absolute Gasteiger partial charge is 0.224 e. The average Bonchev–Trinajstić information content (AvgIpc) is 3.50. The summed E-state index contributed by atoms with van der Waals surface area (Å²) in [7, 11) is 0. The molecule has 1 fully saturated rings. The predicted molar refractivity (Wildman–Crippen MR) is 168 cm³/mol. The number of benzene rings is 3. The van der Waals surface area contributed by atoms with Crippen molar-refractivity contribution in [2.75, 3.05) is 6.54 Å². The van der Waals surface area contributed by atoms with Crippen molar-refractivity contribution in [3.8, 4) is 5.75 Å². The summed E-state index contributed by atoms with van der Waals surface area (Å²) in [4.78, 5) is 13.5. The minimum Gasteiger partial charge on any atom is -0.489 e. The highest BCUT2D eigenvalue weighted by molar-refractivity contribution is 5.84. The fourth-order valence-electron chi connectivity index (χ4n) is 6.15. The van der Waals surface area contributed by atoms with Gasteiger partial charge in [-0.3, -0.25) is 9.80 Å². The Morgan fingerprint density at radius 1 is 0.929 bits per heavy atom. The summed E-state index contributed by atoms with van der Waals surface area (Å²) in [6.45, 7) is 1.26. The lowest BCUT2D eigenvalue weighted by Gasteiger charge is -2.33. The van der Waals surface area contributed by atoms with E-state index in [-0.39, 0.29) is 24.0 Å². The van der Waals surface area contributed by atoms with Crippen LogP contribution in [0.15, 0.2) is 115 Å². The van der Waals surface area contributed by atoms with Crippen LogP contribution in [0.4, 0.5) is 0 Å². The van der Waals surface area contributed by atoms with E-state index in [1.165, 1.54) is 11.1 Å². The first kappa shape index (κ1) is 28.0. The Bertz CT molecular complexity index is 1420. The number of carbonyl (C=O) groups is 1. The summed E-state index contributed by atoms with van der Waals surface area (Å²) in [6, 6.07) is 28.9. The molecule has 6 nitrogen and oxygen atoms in total. The topological polar surface area (TPSA) is 79.6 Å². The third-order valence-corrected chi connectivity index (χ3v) is 8.66. The molecule has 1 amide bonds. The van der Waals surface area contributed by atoms with Crippen LogP contribution in [0.25, 0.3) is 5.57 Å². The summed E-state index contributed by atoms with van der Waals surface area (Å²) in [6.07, 6.45) is 13.0. The number of hydrazine groups is 1. The van der Waals surface area contributed by atoms with Gasteiger partial charge >= 0.3 is 0 Å². The van der Waals surface area contributed by atoms with Crippen molar-refractivity contribution in [1.29, 1.82) is 0 Å². The van der Waals surface area contributed by atoms with Gasteiger partial charge in [-0.1, -0.05) is 91.0 Å². The van der Waals surface area contributed by atoms with Crippen LogP contribution in [0, 0.1) is 11.8 Å². The zero-order valence-electron chi connectivity index (χ0n) is 24.0. The summed E-state index contributed by atoms with van der Waals surface area (Å²) in [5.41, 5.74) is 15.3. The van der Waals surface area contributed by atoms with Crippen LogP contribution in [0.1, 0.15) is 42.4 Å². The van der Waals surface area contributed by atoms with Crippen molar-refractivity contribution in [2.24, 2.45) is 17.6 Å². The molecule has 3 aromatic carbocycles. The highest BCUT2D eigenvalue weighted by Crippen LogP contribution is 2.34. The minimum atomic E-state index is -0.214. The predicted octanol–water partition coefficient (Wildman–Crippen LogP) is 5.74. The van der Waals surface area contributed by atoms with Crippen LogP contribution in [-0.4, -0.2) is 29.7 Å². The van der Waals surface area contributed by atoms with Crippen LogP contribution in [0.5, 0.6) is 5.75 Å². The number of nitrogens with zero attached hydrogens (tertiary/aromatic N) is 1. The number of fused-ring (bicyclic) bond motifs is 1. The lowest BCUT2D eigenvalue weighted by Crippen LogP contribution is -2.53. The Kier molecular flexibility index (Phi) is 8.83. The molecule has 1 unspecified atom stereocenters. The Morgan fingerprint density at radius 3 is 2.31 bits per heavy atom. The van der Waals surface area contributed by atoms with E-state index >= 15 is 0 Å². The summed E-state index contributed by atoms with van der Waals surface area (Å²) in [5, 5.41) is 5.49. The first-order chi connectivity index (χ1) is 20.7. The quantitative estimate of drug-likeness (QED) is 0.295. The van der Waals surface area contributed by atoms with Crippen LogP contribution in [0.2, 0.25) is 0 Å². The van der Waals surface area contributed by atoms with Gasteiger partial charge in [0.05, 0.1) is 6.04 Å². The second-order valence-corrected chi connectivity index (χ2v) is 11.5. The maximum absolute atomic E-state index is 13.5. The highest BCUT2D eigenvalue weighted by atomic mass is 16.5. The van der Waals surface area contributed by atoms with Crippen LogP contribution >= 0.6 is 0 Å². The number of nitrogens with two attached hydrogens (primary N) is 1. The molecule has 0 aromatic heterocycles. The van der Waals surface area contributed by atoms with Gasteiger partial charge in [-0.15, -0.1) is 0 Å². The third kappa shape index (κ3) is 6.67. The molecule has 0 spiro atoms. The molecule has 0 radical (unpaired) electrons. The number of nitrogens with one attached hydrogen (secondary N) is 2. The van der Waals surface area contributed by atoms with Gasteiger partial charge in [0.1, 0.15) is 18.5 Å². The average molecular weight is 561 g/mol. The normalized spacial score (nSPS) is 22.1. The van der Waals surface area contributed by atoms with Crippen molar-refractivity contribution in [2.45, 2.75) is 50.9 Å². The monoisotopic (exact) mass is 560 g/mol. The summed E-state index contributed by atoms with van der Waals surface area (Å²) in [5.74, 6) is 1.57. The van der Waals surface area contributed by atoms with Gasteiger partial charge in [-0.2, -0.15) is 0 Å². The van der Waals surface area contributed by atoms with E-state index in [0.717, 1.165) is 48.1 Å². The molecule has 3 aliphatic rings. The van der Waals surface area contributed by atoms with Crippen LogP contribution in [-0.2, 0) is 17.8 Å². The molecular weight excluding hydrogens is 520 g/mol. The van der Waals surface area contributed by atoms with E-state index in [4.69, 9.17) is 10.5 Å². The first-order valence-corrected chi connectivity index (χ1v) is 15.1. The third-order valence-electron chi connectivity index (χ3n) is 8.66. The Labute approximate surface area is 248 Å². The SMILES string of the molecule is NC[C@H]1CC[C@H](C(=O)N[C@H](Cc2ccccc2)N2C=C3C(c4ccc(OCc5ccccc5)cc4)=CC=CC3N2)CC1. The number of carbonyl (C=O) groups excluding carboxylic acids is 1. The van der Waals surface area contributed by atoms with Gasteiger partial charge in [0.15, 0.2) is 0 Å². The molecule has 1 aliphatic heterocycles. The molecule has 0 bridgehead atoms. The molecule has 6 rings (SSSR count). The zero-order chi connectivity index (χ0) is 28.7. The second-order valence-electron chi connectivity index (χ2n) is 11.5. The maximum Gasteiger partial charge on any atom is 0.224 e. The number of hydrogen-bond acceptors (Lipinski definition) is 5. The molecule has 2 aliphatic carbocycles. The van der Waals surface area contributed by atoms with Crippen molar-refractivity contribution < 1.29 is 9.53 Å². The molecule has 42 heavy (non-hydrogen) atoms. The summed E-state index contributed by atoms with van der Waals surface area (Å²) >= 11 is 0.